The van der Waals surface area contributed by atoms with Gasteiger partial charge >= 0.3 is 0 Å². The van der Waals surface area contributed by atoms with Crippen molar-refractivity contribution in [2.24, 2.45) is 0 Å². The van der Waals surface area contributed by atoms with Gasteiger partial charge in [0.05, 0.1) is 0 Å². The van der Waals surface area contributed by atoms with Gasteiger partial charge in [0.2, 0.25) is 0 Å². The molecule has 0 amide bonds. The summed E-state index contributed by atoms with van der Waals surface area (Å²) in [6.45, 7) is -0.865. The Kier molecular flexibility index (Phi) is 3.55. The number of fused-ring (bicyclic) bond motifs is 1. The van der Waals surface area contributed by atoms with Crippen LogP contribution in [0.2, 0.25) is 0 Å². The van der Waals surface area contributed by atoms with E-state index in [-0.39, 0.29) is 16.9 Å². The first kappa shape index (κ1) is 13.6. The maximum atomic E-state index is 13.4. The molecule has 100 valence electrons. The van der Waals surface area contributed by atoms with Gasteiger partial charge < -0.3 is 9.84 Å². The zero-order chi connectivity index (χ0) is 13.5. The summed E-state index contributed by atoms with van der Waals surface area (Å²) in [6.07, 6.45) is -5.35. The molecule has 0 saturated carbocycles. The Morgan fingerprint density at radius 3 is 2.72 bits per heavy atom. The summed E-state index contributed by atoms with van der Waals surface area (Å²) in [5.74, 6) is -3.35. The van der Waals surface area contributed by atoms with E-state index < -0.39 is 31.5 Å². The summed E-state index contributed by atoms with van der Waals surface area (Å²) >= 11 is 3.06. The largest absolute Gasteiger partial charge is 0.487 e. The first-order valence-corrected chi connectivity index (χ1v) is 5.90. The molecule has 1 aliphatic rings. The summed E-state index contributed by atoms with van der Waals surface area (Å²) in [7, 11) is 0. The van der Waals surface area contributed by atoms with Gasteiger partial charge in [-0.3, -0.25) is 0 Å². The number of alkyl halides is 4. The molecule has 1 aromatic carbocycles. The maximum Gasteiger partial charge on any atom is 0.281 e. The van der Waals surface area contributed by atoms with Crippen molar-refractivity contribution in [3.8, 4) is 5.75 Å². The lowest BCUT2D eigenvalue weighted by molar-refractivity contribution is -0.0971. The number of halogens is 5. The third-order valence-corrected chi connectivity index (χ3v) is 3.40. The molecule has 0 aliphatic heterocycles. The molecule has 1 atom stereocenters. The molecule has 0 heterocycles. The predicted octanol–water partition coefficient (Wildman–Crippen LogP) is 3.32. The van der Waals surface area contributed by atoms with Crippen molar-refractivity contribution in [2.45, 2.75) is 24.9 Å². The molecule has 0 spiro atoms. The van der Waals surface area contributed by atoms with E-state index in [9.17, 15) is 22.7 Å². The highest BCUT2D eigenvalue weighted by Gasteiger charge is 2.49. The second-order valence-corrected chi connectivity index (χ2v) is 4.83. The number of benzene rings is 1. The van der Waals surface area contributed by atoms with E-state index in [1.54, 1.807) is 0 Å². The number of rotatable bonds is 3. The Labute approximate surface area is 109 Å². The minimum atomic E-state index is -3.31. The van der Waals surface area contributed by atoms with Crippen LogP contribution in [-0.4, -0.2) is 24.1 Å². The van der Waals surface area contributed by atoms with Crippen molar-refractivity contribution in [3.05, 3.63) is 27.7 Å². The number of hydrogen-bond donors (Lipinski definition) is 1. The number of ether oxygens (including phenoxy) is 1. The Hall–Kier alpha value is -0.820. The number of aliphatic hydroxyl groups excluding tert-OH is 1. The second kappa shape index (κ2) is 4.70. The molecule has 7 heteroatoms. The Morgan fingerprint density at radius 2 is 2.11 bits per heavy atom. The Balaban J connectivity index is 2.37. The van der Waals surface area contributed by atoms with E-state index in [0.717, 1.165) is 0 Å². The van der Waals surface area contributed by atoms with E-state index in [2.05, 4.69) is 15.9 Å². The summed E-state index contributed by atoms with van der Waals surface area (Å²) in [6, 6.07) is 2.73. The van der Waals surface area contributed by atoms with Crippen molar-refractivity contribution in [3.63, 3.8) is 0 Å². The van der Waals surface area contributed by atoms with E-state index in [4.69, 9.17) is 4.74 Å². The molecule has 0 aromatic heterocycles. The average Bonchev–Trinajstić information content (AvgIpc) is 2.50. The molecular weight excluding hydrogens is 320 g/mol. The molecule has 0 bridgehead atoms. The van der Waals surface area contributed by atoms with Crippen molar-refractivity contribution in [2.75, 3.05) is 6.61 Å². The summed E-state index contributed by atoms with van der Waals surface area (Å²) in [4.78, 5) is 0. The first-order chi connectivity index (χ1) is 8.33. The van der Waals surface area contributed by atoms with E-state index in [0.29, 0.717) is 4.47 Å². The lowest BCUT2D eigenvalue weighted by atomic mass is 10.1. The lowest BCUT2D eigenvalue weighted by Gasteiger charge is -2.14. The van der Waals surface area contributed by atoms with Crippen LogP contribution in [0, 0.1) is 0 Å². The Morgan fingerprint density at radius 1 is 1.44 bits per heavy atom. The van der Waals surface area contributed by atoms with Gasteiger partial charge in [-0.25, -0.2) is 17.6 Å². The smallest absolute Gasteiger partial charge is 0.281 e. The van der Waals surface area contributed by atoms with Gasteiger partial charge in [0.1, 0.15) is 18.5 Å². The summed E-state index contributed by atoms with van der Waals surface area (Å²) < 4.78 is 56.0. The van der Waals surface area contributed by atoms with E-state index >= 15 is 0 Å². The molecule has 1 aromatic rings. The van der Waals surface area contributed by atoms with Gasteiger partial charge in [0, 0.05) is 22.0 Å². The quantitative estimate of drug-likeness (QED) is 0.862. The predicted molar refractivity (Wildman–Crippen MR) is 59.3 cm³/mol. The topological polar surface area (TPSA) is 29.5 Å². The molecule has 1 aliphatic carbocycles. The molecule has 0 radical (unpaired) electrons. The highest BCUT2D eigenvalue weighted by Crippen LogP contribution is 2.49. The van der Waals surface area contributed by atoms with E-state index in [1.165, 1.54) is 12.1 Å². The highest BCUT2D eigenvalue weighted by atomic mass is 79.9. The van der Waals surface area contributed by atoms with Crippen LogP contribution in [0.5, 0.6) is 5.75 Å². The van der Waals surface area contributed by atoms with E-state index in [1.807, 2.05) is 0 Å². The monoisotopic (exact) mass is 328 g/mol. The number of hydrogen-bond acceptors (Lipinski definition) is 2. The Bertz CT molecular complexity index is 465. The van der Waals surface area contributed by atoms with Crippen LogP contribution in [0.25, 0.3) is 0 Å². The minimum absolute atomic E-state index is 0.00627. The van der Waals surface area contributed by atoms with Crippen molar-refractivity contribution in [1.82, 2.24) is 0 Å². The van der Waals surface area contributed by atoms with Crippen LogP contribution in [0.1, 0.15) is 17.2 Å². The third kappa shape index (κ3) is 2.33. The van der Waals surface area contributed by atoms with Crippen LogP contribution in [-0.2, 0) is 6.42 Å². The maximum absolute atomic E-state index is 13.4. The molecule has 0 saturated heterocycles. The van der Waals surface area contributed by atoms with Gasteiger partial charge in [0.25, 0.3) is 12.3 Å². The molecule has 1 unspecified atom stereocenters. The standard InChI is InChI=1S/C11H9BrF4O2/c12-6-1-2-7(18-4-8(13)14)5-3-11(15,16)10(17)9(5)6/h1-2,8,10,17H,3-4H2. The van der Waals surface area contributed by atoms with Crippen molar-refractivity contribution in [1.29, 1.82) is 0 Å². The molecule has 0 fully saturated rings. The van der Waals surface area contributed by atoms with Gasteiger partial charge in [-0.15, -0.1) is 0 Å². The van der Waals surface area contributed by atoms with Gasteiger partial charge in [-0.05, 0) is 12.1 Å². The van der Waals surface area contributed by atoms with Gasteiger partial charge in [-0.1, -0.05) is 15.9 Å². The molecule has 2 rings (SSSR count). The fourth-order valence-electron chi connectivity index (χ4n) is 1.93. The van der Waals surface area contributed by atoms with Crippen LogP contribution < -0.4 is 4.74 Å². The number of aliphatic hydroxyl groups is 1. The zero-order valence-corrected chi connectivity index (χ0v) is 10.6. The summed E-state index contributed by atoms with van der Waals surface area (Å²) in [5, 5.41) is 9.51. The molecule has 18 heavy (non-hydrogen) atoms. The SMILES string of the molecule is OC1c2c(Br)ccc(OCC(F)F)c2CC1(F)F. The fourth-order valence-corrected chi connectivity index (χ4v) is 2.51. The van der Waals surface area contributed by atoms with Gasteiger partial charge in [0.15, 0.2) is 0 Å². The third-order valence-electron chi connectivity index (χ3n) is 2.71. The molecule has 1 N–H and O–H groups in total. The molecule has 2 nitrogen and oxygen atoms in total. The van der Waals surface area contributed by atoms with Gasteiger partial charge in [-0.2, -0.15) is 0 Å². The second-order valence-electron chi connectivity index (χ2n) is 3.98. The first-order valence-electron chi connectivity index (χ1n) is 5.11. The highest BCUT2D eigenvalue weighted by molar-refractivity contribution is 9.10. The van der Waals surface area contributed by atoms with Crippen molar-refractivity contribution >= 4 is 15.9 Å². The summed E-state index contributed by atoms with van der Waals surface area (Å²) in [5.41, 5.74) is 0.0780. The van der Waals surface area contributed by atoms with Crippen LogP contribution in [0.4, 0.5) is 17.6 Å². The van der Waals surface area contributed by atoms with Crippen LogP contribution >= 0.6 is 15.9 Å². The van der Waals surface area contributed by atoms with Crippen molar-refractivity contribution < 1.29 is 27.4 Å². The average molecular weight is 329 g/mol. The van der Waals surface area contributed by atoms with Crippen LogP contribution in [0.15, 0.2) is 16.6 Å². The lowest BCUT2D eigenvalue weighted by Crippen LogP contribution is -2.21. The minimum Gasteiger partial charge on any atom is -0.487 e. The normalized spacial score (nSPS) is 21.2. The molecular formula is C11H9BrF4O2. The fraction of sp³-hybridized carbons (Fsp3) is 0.455. The zero-order valence-electron chi connectivity index (χ0n) is 8.97. The van der Waals surface area contributed by atoms with Crippen LogP contribution in [0.3, 0.4) is 0 Å².